The topological polar surface area (TPSA) is 63.2 Å². The fourth-order valence-corrected chi connectivity index (χ4v) is 3.11. The Kier molecular flexibility index (Phi) is 4.44. The molecule has 0 saturated heterocycles. The van der Waals surface area contributed by atoms with Gasteiger partial charge in [0.25, 0.3) is 0 Å². The number of nitrogens with zero attached hydrogens (tertiary/aromatic N) is 1. The molecule has 0 amide bonds. The quantitative estimate of drug-likeness (QED) is 0.499. The van der Waals surface area contributed by atoms with Gasteiger partial charge in [-0.3, -0.25) is 10.9 Å². The molecule has 4 rings (SSSR count). The highest BCUT2D eigenvalue weighted by Gasteiger charge is 2.28. The monoisotopic (exact) mass is 347 g/mol. The van der Waals surface area contributed by atoms with E-state index in [1.54, 1.807) is 19.1 Å². The van der Waals surface area contributed by atoms with Crippen LogP contribution in [0.5, 0.6) is 0 Å². The lowest BCUT2D eigenvalue weighted by Crippen LogP contribution is -2.12. The number of carbonyl (C=O) groups is 1. The van der Waals surface area contributed by atoms with E-state index in [9.17, 15) is 4.79 Å². The lowest BCUT2D eigenvalue weighted by molar-refractivity contribution is 0.0526. The van der Waals surface area contributed by atoms with Gasteiger partial charge in [0.1, 0.15) is 5.82 Å². The van der Waals surface area contributed by atoms with Gasteiger partial charge < -0.3 is 4.74 Å². The maximum Gasteiger partial charge on any atom is 0.338 e. The average Bonchev–Trinajstić information content (AvgIpc) is 3.51. The molecule has 1 fully saturated rings. The van der Waals surface area contributed by atoms with Crippen LogP contribution in [-0.4, -0.2) is 17.6 Å². The third kappa shape index (κ3) is 3.33. The molecular formula is C21H21N3O2. The summed E-state index contributed by atoms with van der Waals surface area (Å²) >= 11 is 0. The van der Waals surface area contributed by atoms with Gasteiger partial charge in [-0.25, -0.2) is 9.78 Å². The summed E-state index contributed by atoms with van der Waals surface area (Å²) in [6, 6.07) is 15.5. The van der Waals surface area contributed by atoms with Crippen molar-refractivity contribution in [1.29, 1.82) is 0 Å². The molecule has 3 aromatic rings. The Morgan fingerprint density at radius 3 is 2.62 bits per heavy atom. The van der Waals surface area contributed by atoms with Crippen LogP contribution in [0.4, 0.5) is 11.5 Å². The molecule has 1 heterocycles. The summed E-state index contributed by atoms with van der Waals surface area (Å²) in [6.45, 7) is 2.17. The molecule has 0 radical (unpaired) electrons. The van der Waals surface area contributed by atoms with Gasteiger partial charge in [-0.1, -0.05) is 24.3 Å². The van der Waals surface area contributed by atoms with Crippen LogP contribution in [0.3, 0.4) is 0 Å². The summed E-state index contributed by atoms with van der Waals surface area (Å²) in [7, 11) is 0. The maximum absolute atomic E-state index is 11.7. The molecule has 26 heavy (non-hydrogen) atoms. The van der Waals surface area contributed by atoms with Crippen molar-refractivity contribution in [3.63, 3.8) is 0 Å². The first kappa shape index (κ1) is 16.4. The Balaban J connectivity index is 1.53. The van der Waals surface area contributed by atoms with Gasteiger partial charge in [0, 0.05) is 17.1 Å². The number of hydrogen-bond acceptors (Lipinski definition) is 5. The average molecular weight is 347 g/mol. The smallest absolute Gasteiger partial charge is 0.338 e. The first-order valence-corrected chi connectivity index (χ1v) is 8.93. The Morgan fingerprint density at radius 2 is 1.88 bits per heavy atom. The molecule has 1 aliphatic rings. The zero-order valence-corrected chi connectivity index (χ0v) is 14.7. The third-order valence-electron chi connectivity index (χ3n) is 4.55. The van der Waals surface area contributed by atoms with Gasteiger partial charge in [-0.2, -0.15) is 0 Å². The highest BCUT2D eigenvalue weighted by Crippen LogP contribution is 2.45. The minimum absolute atomic E-state index is 0.306. The highest BCUT2D eigenvalue weighted by atomic mass is 16.5. The van der Waals surface area contributed by atoms with Crippen LogP contribution in [0.2, 0.25) is 0 Å². The predicted molar refractivity (Wildman–Crippen MR) is 103 cm³/mol. The molecule has 0 unspecified atom stereocenters. The molecule has 5 heteroatoms. The number of hydrogen-bond donors (Lipinski definition) is 2. The first-order chi connectivity index (χ1) is 12.8. The molecule has 1 saturated carbocycles. The van der Waals surface area contributed by atoms with Crippen molar-refractivity contribution in [2.75, 3.05) is 17.5 Å². The van der Waals surface area contributed by atoms with E-state index in [4.69, 9.17) is 4.74 Å². The van der Waals surface area contributed by atoms with Gasteiger partial charge in [0.05, 0.1) is 17.9 Å². The number of fused-ring (bicyclic) bond motifs is 1. The molecule has 132 valence electrons. The number of aromatic nitrogens is 1. The first-order valence-electron chi connectivity index (χ1n) is 8.93. The Morgan fingerprint density at radius 1 is 1.12 bits per heavy atom. The molecule has 1 aliphatic carbocycles. The van der Waals surface area contributed by atoms with E-state index in [2.05, 4.69) is 34.0 Å². The summed E-state index contributed by atoms with van der Waals surface area (Å²) in [5.74, 6) is 1.13. The summed E-state index contributed by atoms with van der Waals surface area (Å²) in [5, 5.41) is 2.42. The van der Waals surface area contributed by atoms with Gasteiger partial charge >= 0.3 is 5.97 Å². The fraction of sp³-hybridized carbons (Fsp3) is 0.238. The summed E-state index contributed by atoms with van der Waals surface area (Å²) in [6.07, 6.45) is 4.31. The van der Waals surface area contributed by atoms with Crippen molar-refractivity contribution < 1.29 is 9.53 Å². The number of esters is 1. The number of carbonyl (C=O) groups excluding carboxylic acids is 1. The van der Waals surface area contributed by atoms with E-state index in [-0.39, 0.29) is 5.97 Å². The van der Waals surface area contributed by atoms with Crippen molar-refractivity contribution in [2.24, 2.45) is 0 Å². The fourth-order valence-electron chi connectivity index (χ4n) is 3.11. The minimum Gasteiger partial charge on any atom is -0.462 e. The molecule has 0 spiro atoms. The molecule has 0 aliphatic heterocycles. The summed E-state index contributed by atoms with van der Waals surface area (Å²) in [5.41, 5.74) is 9.10. The van der Waals surface area contributed by atoms with Gasteiger partial charge in [-0.05, 0) is 55.3 Å². The molecule has 1 aromatic heterocycles. The van der Waals surface area contributed by atoms with Crippen molar-refractivity contribution in [1.82, 2.24) is 4.98 Å². The number of hydrazine groups is 1. The molecule has 0 bridgehead atoms. The maximum atomic E-state index is 11.7. The zero-order valence-electron chi connectivity index (χ0n) is 14.7. The van der Waals surface area contributed by atoms with Gasteiger partial charge in [-0.15, -0.1) is 0 Å². The molecule has 2 aromatic carbocycles. The van der Waals surface area contributed by atoms with Gasteiger partial charge in [0.15, 0.2) is 0 Å². The Hall–Kier alpha value is -3.08. The lowest BCUT2D eigenvalue weighted by atomic mass is 10.0. The Labute approximate surface area is 152 Å². The van der Waals surface area contributed by atoms with Crippen LogP contribution in [0.1, 0.15) is 41.6 Å². The van der Waals surface area contributed by atoms with E-state index < -0.39 is 0 Å². The van der Waals surface area contributed by atoms with Crippen LogP contribution in [0.25, 0.3) is 10.8 Å². The normalized spacial score (nSPS) is 13.4. The van der Waals surface area contributed by atoms with E-state index in [1.165, 1.54) is 29.2 Å². The highest BCUT2D eigenvalue weighted by molar-refractivity contribution is 5.90. The molecule has 2 N–H and O–H groups in total. The number of anilines is 2. The lowest BCUT2D eigenvalue weighted by Gasteiger charge is -2.15. The van der Waals surface area contributed by atoms with Crippen molar-refractivity contribution in [3.8, 4) is 0 Å². The Bertz CT molecular complexity index is 934. The summed E-state index contributed by atoms with van der Waals surface area (Å²) < 4.78 is 5.00. The number of nitrogens with one attached hydrogen (secondary N) is 2. The van der Waals surface area contributed by atoms with E-state index in [1.807, 2.05) is 24.4 Å². The van der Waals surface area contributed by atoms with Crippen LogP contribution in [0.15, 0.2) is 54.7 Å². The molecular weight excluding hydrogens is 326 g/mol. The number of benzene rings is 2. The standard InChI is InChI=1S/C21H21N3O2/c1-2-26-21(25)15-9-11-17(12-10-15)23-24-20-19(14-7-8-14)18-6-4-3-5-16(18)13-22-20/h3-6,9-14,23H,2,7-8H2,1H3,(H,22,24). The zero-order chi connectivity index (χ0) is 17.9. The number of rotatable bonds is 6. The second kappa shape index (κ2) is 7.04. The van der Waals surface area contributed by atoms with Gasteiger partial charge in [0.2, 0.25) is 0 Å². The molecule has 5 nitrogen and oxygen atoms in total. The number of pyridine rings is 1. The predicted octanol–water partition coefficient (Wildman–Crippen LogP) is 4.73. The SMILES string of the molecule is CCOC(=O)c1ccc(NNc2ncc3ccccc3c2C2CC2)cc1. The van der Waals surface area contributed by atoms with Crippen LogP contribution in [0, 0.1) is 0 Å². The summed E-state index contributed by atoms with van der Waals surface area (Å²) in [4.78, 5) is 16.3. The minimum atomic E-state index is -0.306. The van der Waals surface area contributed by atoms with E-state index in [0.29, 0.717) is 18.1 Å². The van der Waals surface area contributed by atoms with Crippen LogP contribution in [-0.2, 0) is 4.74 Å². The third-order valence-corrected chi connectivity index (χ3v) is 4.55. The van der Waals surface area contributed by atoms with Crippen molar-refractivity contribution >= 4 is 28.2 Å². The van der Waals surface area contributed by atoms with E-state index in [0.717, 1.165) is 11.5 Å². The van der Waals surface area contributed by atoms with Crippen molar-refractivity contribution in [3.05, 3.63) is 65.9 Å². The largest absolute Gasteiger partial charge is 0.462 e. The van der Waals surface area contributed by atoms with Crippen LogP contribution < -0.4 is 10.9 Å². The number of ether oxygens (including phenoxy) is 1. The van der Waals surface area contributed by atoms with Crippen LogP contribution >= 0.6 is 0 Å². The van der Waals surface area contributed by atoms with E-state index >= 15 is 0 Å². The second-order valence-corrected chi connectivity index (χ2v) is 6.43. The molecule has 0 atom stereocenters. The second-order valence-electron chi connectivity index (χ2n) is 6.43. The van der Waals surface area contributed by atoms with Crippen molar-refractivity contribution in [2.45, 2.75) is 25.7 Å².